The smallest absolute Gasteiger partial charge is 0.110 e. The fourth-order valence-corrected chi connectivity index (χ4v) is 2.59. The van der Waals surface area contributed by atoms with E-state index in [1.165, 1.54) is 0 Å². The summed E-state index contributed by atoms with van der Waals surface area (Å²) >= 11 is 6.42. The first-order valence-corrected chi connectivity index (χ1v) is 5.59. The Morgan fingerprint density at radius 1 is 1.18 bits per heavy atom. The number of aromatic nitrogens is 2. The van der Waals surface area contributed by atoms with Crippen molar-refractivity contribution in [2.75, 3.05) is 0 Å². The minimum Gasteiger partial charge on any atom is -0.296 e. The van der Waals surface area contributed by atoms with Crippen LogP contribution in [0.4, 0.5) is 0 Å². The predicted octanol–water partition coefficient (Wildman–Crippen LogP) is 4.18. The predicted molar refractivity (Wildman–Crippen MR) is 74.4 cm³/mol. The number of benzene rings is 1. The van der Waals surface area contributed by atoms with Gasteiger partial charge in [-0.05, 0) is 25.5 Å². The molecule has 0 saturated carbocycles. The molecule has 2 aromatic heterocycles. The molecule has 0 atom stereocenters. The topological polar surface area (TPSA) is 17.3 Å². The maximum absolute atomic E-state index is 6.42. The molecule has 0 bridgehead atoms. The Kier molecular flexibility index (Phi) is 3.02. The maximum atomic E-state index is 6.42. The molecule has 0 unspecified atom stereocenters. The van der Waals surface area contributed by atoms with Gasteiger partial charge in [-0.1, -0.05) is 29.8 Å². The Bertz CT molecular complexity index is 701. The Morgan fingerprint density at radius 3 is 2.65 bits per heavy atom. The van der Waals surface area contributed by atoms with Gasteiger partial charge in [-0.3, -0.25) is 4.40 Å². The summed E-state index contributed by atoms with van der Waals surface area (Å²) in [5, 5.41) is 1.90. The minimum atomic E-state index is 0. The molecule has 4 heteroatoms. The maximum Gasteiger partial charge on any atom is 0.110 e. The lowest BCUT2D eigenvalue weighted by molar-refractivity contribution is 1.00. The second kappa shape index (κ2) is 4.21. The van der Waals surface area contributed by atoms with Crippen LogP contribution in [0.3, 0.4) is 0 Å². The highest BCUT2D eigenvalue weighted by molar-refractivity contribution is 6.39. The van der Waals surface area contributed by atoms with Crippen LogP contribution in [0.25, 0.3) is 16.4 Å². The van der Waals surface area contributed by atoms with Crippen molar-refractivity contribution in [2.24, 2.45) is 0 Å². The molecule has 0 N–H and O–H groups in total. The molecule has 2 nitrogen and oxygen atoms in total. The normalized spacial score (nSPS) is 10.8. The van der Waals surface area contributed by atoms with Crippen LogP contribution in [0.15, 0.2) is 30.5 Å². The minimum absolute atomic E-state index is 0. The zero-order valence-electron chi connectivity index (χ0n) is 9.57. The fourth-order valence-electron chi connectivity index (χ4n) is 2.20. The van der Waals surface area contributed by atoms with Crippen molar-refractivity contribution < 1.29 is 0 Å². The molecule has 1 aromatic carbocycles. The molecule has 17 heavy (non-hydrogen) atoms. The van der Waals surface area contributed by atoms with E-state index in [2.05, 4.69) is 15.5 Å². The molecule has 88 valence electrons. The first-order chi connectivity index (χ1) is 7.70. The van der Waals surface area contributed by atoms with Crippen molar-refractivity contribution >= 4 is 40.4 Å². The van der Waals surface area contributed by atoms with Gasteiger partial charge in [0.1, 0.15) is 5.82 Å². The fraction of sp³-hybridized carbons (Fsp3) is 0.154. The number of fused-ring (bicyclic) bond motifs is 3. The molecule has 3 rings (SSSR count). The summed E-state index contributed by atoms with van der Waals surface area (Å²) in [5.74, 6) is 0.962. The van der Waals surface area contributed by atoms with E-state index in [-0.39, 0.29) is 12.4 Å². The molecule has 0 spiro atoms. The third kappa shape index (κ3) is 1.60. The van der Waals surface area contributed by atoms with E-state index in [9.17, 15) is 0 Å². The van der Waals surface area contributed by atoms with Crippen molar-refractivity contribution in [3.05, 3.63) is 46.9 Å². The first-order valence-electron chi connectivity index (χ1n) is 5.21. The lowest BCUT2D eigenvalue weighted by Gasteiger charge is -2.03. The lowest BCUT2D eigenvalue weighted by Crippen LogP contribution is -1.96. The van der Waals surface area contributed by atoms with Gasteiger partial charge < -0.3 is 0 Å². The summed E-state index contributed by atoms with van der Waals surface area (Å²) in [4.78, 5) is 4.37. The summed E-state index contributed by atoms with van der Waals surface area (Å²) in [6, 6.07) is 8.14. The highest BCUT2D eigenvalue weighted by atomic mass is 35.5. The number of aryl methyl sites for hydroxylation is 2. The highest BCUT2D eigenvalue weighted by Gasteiger charge is 2.12. The van der Waals surface area contributed by atoms with Gasteiger partial charge in [0, 0.05) is 11.6 Å². The Hall–Kier alpha value is -1.25. The van der Waals surface area contributed by atoms with Crippen LogP contribution in [-0.4, -0.2) is 9.38 Å². The van der Waals surface area contributed by atoms with Gasteiger partial charge in [0.25, 0.3) is 0 Å². The number of hydrogen-bond donors (Lipinski definition) is 0. The number of rotatable bonds is 0. The summed E-state index contributed by atoms with van der Waals surface area (Å²) in [6.07, 6.45) is 1.87. The number of para-hydroxylation sites is 1. The van der Waals surface area contributed by atoms with Gasteiger partial charge in [0.15, 0.2) is 0 Å². The molecular weight excluding hydrogens is 255 g/mol. The molecule has 0 aliphatic heterocycles. The molecule has 0 aliphatic carbocycles. The quantitative estimate of drug-likeness (QED) is 0.597. The van der Waals surface area contributed by atoms with Crippen molar-refractivity contribution in [3.8, 4) is 0 Å². The van der Waals surface area contributed by atoms with Crippen LogP contribution < -0.4 is 0 Å². The summed E-state index contributed by atoms with van der Waals surface area (Å²) < 4.78 is 2.12. The van der Waals surface area contributed by atoms with Gasteiger partial charge >= 0.3 is 0 Å². The largest absolute Gasteiger partial charge is 0.296 e. The van der Waals surface area contributed by atoms with E-state index in [1.807, 2.05) is 38.2 Å². The standard InChI is InChI=1S/C13H11ClN2.ClH/c1-8-7-15-9(2)16-11-6-4-3-5-10(11)12(14)13(8)16;/h3-7H,1-2H3;1H. The van der Waals surface area contributed by atoms with Crippen LogP contribution in [0.2, 0.25) is 5.02 Å². The summed E-state index contributed by atoms with van der Waals surface area (Å²) in [5.41, 5.74) is 3.29. The van der Waals surface area contributed by atoms with Gasteiger partial charge in [-0.25, -0.2) is 4.98 Å². The van der Waals surface area contributed by atoms with E-state index in [0.29, 0.717) is 0 Å². The average Bonchev–Trinajstić information content (AvgIpc) is 2.60. The van der Waals surface area contributed by atoms with Crippen LogP contribution >= 0.6 is 24.0 Å². The van der Waals surface area contributed by atoms with Gasteiger partial charge in [-0.2, -0.15) is 0 Å². The van der Waals surface area contributed by atoms with E-state index in [1.54, 1.807) is 0 Å². The van der Waals surface area contributed by atoms with Crippen molar-refractivity contribution in [1.29, 1.82) is 0 Å². The van der Waals surface area contributed by atoms with Gasteiger partial charge in [0.05, 0.1) is 16.1 Å². The first kappa shape index (κ1) is 12.2. The van der Waals surface area contributed by atoms with Crippen molar-refractivity contribution in [3.63, 3.8) is 0 Å². The molecule has 0 aliphatic rings. The summed E-state index contributed by atoms with van der Waals surface area (Å²) in [7, 11) is 0. The molecule has 0 fully saturated rings. The Labute approximate surface area is 111 Å². The molecule has 3 aromatic rings. The van der Waals surface area contributed by atoms with Crippen LogP contribution in [0, 0.1) is 13.8 Å². The monoisotopic (exact) mass is 266 g/mol. The van der Waals surface area contributed by atoms with E-state index >= 15 is 0 Å². The lowest BCUT2D eigenvalue weighted by atomic mass is 10.2. The number of halogens is 2. The molecule has 2 heterocycles. The van der Waals surface area contributed by atoms with Crippen LogP contribution in [0.5, 0.6) is 0 Å². The second-order valence-corrected chi connectivity index (χ2v) is 4.38. The van der Waals surface area contributed by atoms with E-state index in [4.69, 9.17) is 11.6 Å². The van der Waals surface area contributed by atoms with Crippen molar-refractivity contribution in [1.82, 2.24) is 9.38 Å². The van der Waals surface area contributed by atoms with Gasteiger partial charge in [0.2, 0.25) is 0 Å². The van der Waals surface area contributed by atoms with Crippen LogP contribution in [-0.2, 0) is 0 Å². The molecule has 0 amide bonds. The average molecular weight is 267 g/mol. The van der Waals surface area contributed by atoms with Crippen LogP contribution in [0.1, 0.15) is 11.4 Å². The van der Waals surface area contributed by atoms with E-state index in [0.717, 1.165) is 32.8 Å². The second-order valence-electron chi connectivity index (χ2n) is 4.00. The zero-order chi connectivity index (χ0) is 11.3. The Balaban J connectivity index is 0.00000108. The SMILES string of the molecule is Cc1cnc(C)n2c1c(Cl)c1ccccc12.Cl. The van der Waals surface area contributed by atoms with E-state index < -0.39 is 0 Å². The number of hydrogen-bond acceptors (Lipinski definition) is 1. The molecule has 0 radical (unpaired) electrons. The number of nitrogens with zero attached hydrogens (tertiary/aromatic N) is 2. The summed E-state index contributed by atoms with van der Waals surface area (Å²) in [6.45, 7) is 4.03. The van der Waals surface area contributed by atoms with Crippen molar-refractivity contribution in [2.45, 2.75) is 13.8 Å². The third-order valence-electron chi connectivity index (χ3n) is 2.96. The highest BCUT2D eigenvalue weighted by Crippen LogP contribution is 2.32. The molecule has 0 saturated heterocycles. The molecular formula is C13H12Cl2N2. The Morgan fingerprint density at radius 2 is 1.88 bits per heavy atom. The van der Waals surface area contributed by atoms with Gasteiger partial charge in [-0.15, -0.1) is 12.4 Å². The zero-order valence-corrected chi connectivity index (χ0v) is 11.1. The third-order valence-corrected chi connectivity index (χ3v) is 3.34.